The normalized spacial score (nSPS) is 10.5. The first-order valence-corrected chi connectivity index (χ1v) is 6.59. The van der Waals surface area contributed by atoms with Gasteiger partial charge in [-0.05, 0) is 13.0 Å². The molecular weight excluding hydrogens is 264 g/mol. The number of primary amides is 1. The zero-order valence-electron chi connectivity index (χ0n) is 11.5. The molecule has 1 heterocycles. The second kappa shape index (κ2) is 5.25. The van der Waals surface area contributed by atoms with Gasteiger partial charge in [-0.25, -0.2) is 0 Å². The Bertz CT molecular complexity index is 792. The summed E-state index contributed by atoms with van der Waals surface area (Å²) in [7, 11) is 0. The summed E-state index contributed by atoms with van der Waals surface area (Å²) in [5.74, 6) is 0.188. The van der Waals surface area contributed by atoms with E-state index in [1.807, 2.05) is 49.4 Å². The van der Waals surface area contributed by atoms with Crippen LogP contribution in [0.15, 0.2) is 59.1 Å². The van der Waals surface area contributed by atoms with Crippen molar-refractivity contribution < 1.29 is 9.32 Å². The molecule has 0 saturated carbocycles. The topological polar surface area (TPSA) is 69.1 Å². The third-order valence-corrected chi connectivity index (χ3v) is 3.37. The van der Waals surface area contributed by atoms with E-state index >= 15 is 0 Å². The van der Waals surface area contributed by atoms with E-state index in [1.54, 1.807) is 12.1 Å². The molecule has 0 aliphatic carbocycles. The minimum atomic E-state index is -0.467. The Morgan fingerprint density at radius 3 is 2.43 bits per heavy atom. The van der Waals surface area contributed by atoms with Crippen LogP contribution in [0.25, 0.3) is 22.4 Å². The SMILES string of the molecule is Cc1onc(-c2ccccc2)c1-c1ccccc1C(N)=O. The molecule has 0 spiro atoms. The number of amides is 1. The van der Waals surface area contributed by atoms with Crippen molar-refractivity contribution >= 4 is 5.91 Å². The predicted molar refractivity (Wildman–Crippen MR) is 80.6 cm³/mol. The van der Waals surface area contributed by atoms with Crippen molar-refractivity contribution in [2.24, 2.45) is 5.73 Å². The standard InChI is InChI=1S/C17H14N2O2/c1-11-15(13-9-5-6-10-14(13)17(18)20)16(19-21-11)12-7-3-2-4-8-12/h2-10H,1H3,(H2,18,20). The highest BCUT2D eigenvalue weighted by Crippen LogP contribution is 2.35. The molecule has 2 aromatic carbocycles. The Morgan fingerprint density at radius 2 is 1.71 bits per heavy atom. The Morgan fingerprint density at radius 1 is 1.05 bits per heavy atom. The molecule has 1 amide bonds. The Kier molecular flexibility index (Phi) is 3.28. The summed E-state index contributed by atoms with van der Waals surface area (Å²) >= 11 is 0. The molecule has 0 saturated heterocycles. The molecule has 0 bridgehead atoms. The molecule has 0 fully saturated rings. The van der Waals surface area contributed by atoms with Crippen LogP contribution < -0.4 is 5.73 Å². The van der Waals surface area contributed by atoms with Crippen LogP contribution in [0.3, 0.4) is 0 Å². The summed E-state index contributed by atoms with van der Waals surface area (Å²) in [6, 6.07) is 16.9. The van der Waals surface area contributed by atoms with Gasteiger partial charge in [0.05, 0.1) is 5.56 Å². The highest BCUT2D eigenvalue weighted by atomic mass is 16.5. The molecule has 0 aliphatic heterocycles. The van der Waals surface area contributed by atoms with E-state index in [-0.39, 0.29) is 0 Å². The van der Waals surface area contributed by atoms with E-state index in [2.05, 4.69) is 5.16 Å². The van der Waals surface area contributed by atoms with Crippen molar-refractivity contribution in [2.45, 2.75) is 6.92 Å². The van der Waals surface area contributed by atoms with Gasteiger partial charge in [-0.2, -0.15) is 0 Å². The zero-order chi connectivity index (χ0) is 14.8. The number of aryl methyl sites for hydroxylation is 1. The highest BCUT2D eigenvalue weighted by molar-refractivity contribution is 6.01. The molecular formula is C17H14N2O2. The van der Waals surface area contributed by atoms with Crippen molar-refractivity contribution in [1.82, 2.24) is 5.16 Å². The molecule has 4 nitrogen and oxygen atoms in total. The fraction of sp³-hybridized carbons (Fsp3) is 0.0588. The van der Waals surface area contributed by atoms with Crippen LogP contribution in [0.5, 0.6) is 0 Å². The molecule has 0 radical (unpaired) electrons. The molecule has 1 aromatic heterocycles. The lowest BCUT2D eigenvalue weighted by atomic mass is 9.95. The molecule has 3 aromatic rings. The summed E-state index contributed by atoms with van der Waals surface area (Å²) in [6.45, 7) is 1.83. The van der Waals surface area contributed by atoms with E-state index in [0.717, 1.165) is 16.7 Å². The van der Waals surface area contributed by atoms with Crippen LogP contribution in [0, 0.1) is 6.92 Å². The quantitative estimate of drug-likeness (QED) is 0.798. The molecule has 104 valence electrons. The molecule has 4 heteroatoms. The number of rotatable bonds is 3. The van der Waals surface area contributed by atoms with Gasteiger partial charge in [-0.3, -0.25) is 4.79 Å². The Balaban J connectivity index is 2.25. The van der Waals surface area contributed by atoms with Gasteiger partial charge in [0.1, 0.15) is 11.5 Å². The largest absolute Gasteiger partial charge is 0.366 e. The van der Waals surface area contributed by atoms with Gasteiger partial charge < -0.3 is 10.3 Å². The van der Waals surface area contributed by atoms with E-state index in [4.69, 9.17) is 10.3 Å². The van der Waals surface area contributed by atoms with Crippen molar-refractivity contribution in [3.8, 4) is 22.4 Å². The first-order valence-electron chi connectivity index (χ1n) is 6.59. The van der Waals surface area contributed by atoms with Gasteiger partial charge in [0.15, 0.2) is 0 Å². The van der Waals surface area contributed by atoms with Gasteiger partial charge >= 0.3 is 0 Å². The van der Waals surface area contributed by atoms with Crippen LogP contribution in [0.4, 0.5) is 0 Å². The summed E-state index contributed by atoms with van der Waals surface area (Å²) in [5, 5.41) is 4.14. The molecule has 0 aliphatic rings. The van der Waals surface area contributed by atoms with Crippen LogP contribution in [0.1, 0.15) is 16.1 Å². The molecule has 2 N–H and O–H groups in total. The molecule has 3 rings (SSSR count). The fourth-order valence-corrected chi connectivity index (χ4v) is 2.40. The summed E-state index contributed by atoms with van der Waals surface area (Å²) < 4.78 is 5.34. The average molecular weight is 278 g/mol. The minimum absolute atomic E-state index is 0.459. The third-order valence-electron chi connectivity index (χ3n) is 3.37. The van der Waals surface area contributed by atoms with Gasteiger partial charge in [0.2, 0.25) is 5.91 Å². The van der Waals surface area contributed by atoms with Crippen molar-refractivity contribution in [3.63, 3.8) is 0 Å². The molecule has 0 unspecified atom stereocenters. The predicted octanol–water partition coefficient (Wildman–Crippen LogP) is 3.42. The molecule has 21 heavy (non-hydrogen) atoms. The molecule has 0 atom stereocenters. The number of hydrogen-bond acceptors (Lipinski definition) is 3. The average Bonchev–Trinajstić information content (AvgIpc) is 2.89. The summed E-state index contributed by atoms with van der Waals surface area (Å²) in [6.07, 6.45) is 0. The van der Waals surface area contributed by atoms with Crippen molar-refractivity contribution in [3.05, 3.63) is 65.9 Å². The van der Waals surface area contributed by atoms with Crippen LogP contribution in [0.2, 0.25) is 0 Å². The number of carbonyl (C=O) groups excluding carboxylic acids is 1. The number of benzene rings is 2. The second-order valence-corrected chi connectivity index (χ2v) is 4.74. The number of aromatic nitrogens is 1. The lowest BCUT2D eigenvalue weighted by molar-refractivity contribution is 0.100. The lowest BCUT2D eigenvalue weighted by Crippen LogP contribution is -2.12. The monoisotopic (exact) mass is 278 g/mol. The van der Waals surface area contributed by atoms with Crippen LogP contribution in [-0.2, 0) is 0 Å². The maximum absolute atomic E-state index is 11.6. The second-order valence-electron chi connectivity index (χ2n) is 4.74. The van der Waals surface area contributed by atoms with Gasteiger partial charge in [-0.1, -0.05) is 53.7 Å². The number of nitrogens with two attached hydrogens (primary N) is 1. The maximum Gasteiger partial charge on any atom is 0.249 e. The Hall–Kier alpha value is -2.88. The van der Waals surface area contributed by atoms with Crippen LogP contribution in [-0.4, -0.2) is 11.1 Å². The van der Waals surface area contributed by atoms with Gasteiger partial charge in [0.25, 0.3) is 0 Å². The van der Waals surface area contributed by atoms with E-state index < -0.39 is 5.91 Å². The smallest absolute Gasteiger partial charge is 0.249 e. The highest BCUT2D eigenvalue weighted by Gasteiger charge is 2.20. The minimum Gasteiger partial charge on any atom is -0.366 e. The van der Waals surface area contributed by atoms with Crippen molar-refractivity contribution in [1.29, 1.82) is 0 Å². The Labute approximate surface area is 122 Å². The third kappa shape index (κ3) is 2.31. The zero-order valence-corrected chi connectivity index (χ0v) is 11.5. The number of nitrogens with zero attached hydrogens (tertiary/aromatic N) is 1. The van der Waals surface area contributed by atoms with Crippen molar-refractivity contribution in [2.75, 3.05) is 0 Å². The summed E-state index contributed by atoms with van der Waals surface area (Å²) in [5.41, 5.74) is 9.11. The van der Waals surface area contributed by atoms with Gasteiger partial charge in [0, 0.05) is 16.7 Å². The first-order chi connectivity index (χ1) is 10.2. The van der Waals surface area contributed by atoms with Crippen LogP contribution >= 0.6 is 0 Å². The van der Waals surface area contributed by atoms with E-state index in [0.29, 0.717) is 17.0 Å². The first kappa shape index (κ1) is 13.1. The number of hydrogen-bond donors (Lipinski definition) is 1. The number of carbonyl (C=O) groups is 1. The maximum atomic E-state index is 11.6. The van der Waals surface area contributed by atoms with E-state index in [1.165, 1.54) is 0 Å². The van der Waals surface area contributed by atoms with Gasteiger partial charge in [-0.15, -0.1) is 0 Å². The summed E-state index contributed by atoms with van der Waals surface area (Å²) in [4.78, 5) is 11.6. The lowest BCUT2D eigenvalue weighted by Gasteiger charge is -2.07. The van der Waals surface area contributed by atoms with E-state index in [9.17, 15) is 4.79 Å². The fourth-order valence-electron chi connectivity index (χ4n) is 2.40.